The first-order valence-electron chi connectivity index (χ1n) is 2.78. The molecule has 9 heavy (non-hydrogen) atoms. The second-order valence-corrected chi connectivity index (χ2v) is 1.28. The number of ether oxygens (including phenoxy) is 1. The second kappa shape index (κ2) is 6.84. The molecule has 0 aromatic heterocycles. The standard InChI is InChI=1S/C8H10O/c1-3-5-7-9-8-6-4-2/h3-4,7-8H,1-2H3. The van der Waals surface area contributed by atoms with Crippen molar-refractivity contribution in [2.24, 2.45) is 0 Å². The maximum absolute atomic E-state index is 4.78. The average Bonchev–Trinajstić information content (AvgIpc) is 1.89. The zero-order valence-corrected chi connectivity index (χ0v) is 5.72. The average molecular weight is 122 g/mol. The topological polar surface area (TPSA) is 9.23 Å². The zero-order valence-electron chi connectivity index (χ0n) is 5.72. The van der Waals surface area contributed by atoms with Gasteiger partial charge < -0.3 is 4.74 Å². The monoisotopic (exact) mass is 122 g/mol. The van der Waals surface area contributed by atoms with Gasteiger partial charge in [-0.05, 0) is 26.0 Å². The summed E-state index contributed by atoms with van der Waals surface area (Å²) >= 11 is 0. The Morgan fingerprint density at radius 3 is 1.78 bits per heavy atom. The first-order valence-corrected chi connectivity index (χ1v) is 2.78. The van der Waals surface area contributed by atoms with Gasteiger partial charge in [-0.25, -0.2) is 0 Å². The van der Waals surface area contributed by atoms with Crippen LogP contribution in [0.2, 0.25) is 0 Å². The molecule has 0 aliphatic heterocycles. The third-order valence-electron chi connectivity index (χ3n) is 0.605. The highest BCUT2D eigenvalue weighted by Gasteiger charge is 1.57. The van der Waals surface area contributed by atoms with Crippen molar-refractivity contribution in [1.82, 2.24) is 0 Å². The minimum atomic E-state index is 1.47. The Hall–Kier alpha value is -1.16. The predicted octanol–water partition coefficient (Wildman–Crippen LogP) is 2.38. The van der Waals surface area contributed by atoms with Crippen molar-refractivity contribution in [2.75, 3.05) is 0 Å². The Morgan fingerprint density at radius 2 is 1.44 bits per heavy atom. The Morgan fingerprint density at radius 1 is 1.00 bits per heavy atom. The molecular formula is C8H10O. The Kier molecular flexibility index (Phi) is 5.96. The van der Waals surface area contributed by atoms with Crippen LogP contribution in [0.5, 0.6) is 0 Å². The molecule has 0 unspecified atom stereocenters. The Bertz CT molecular complexity index is 145. The van der Waals surface area contributed by atoms with Gasteiger partial charge in [0.05, 0.1) is 0 Å². The van der Waals surface area contributed by atoms with Crippen LogP contribution in [0.1, 0.15) is 13.8 Å². The smallest absolute Gasteiger partial charge is 0.133 e. The fraction of sp³-hybridized carbons (Fsp3) is 0.250. The van der Waals surface area contributed by atoms with E-state index in [0.29, 0.717) is 0 Å². The summed E-state index contributed by atoms with van der Waals surface area (Å²) in [4.78, 5) is 0. The highest BCUT2D eigenvalue weighted by Crippen LogP contribution is 1.74. The summed E-state index contributed by atoms with van der Waals surface area (Å²) in [5.74, 6) is 0. The molecule has 0 rings (SSSR count). The van der Waals surface area contributed by atoms with Gasteiger partial charge in [0, 0.05) is 0 Å². The molecule has 0 aliphatic rings. The quantitative estimate of drug-likeness (QED) is 0.403. The predicted molar refractivity (Wildman–Crippen MR) is 37.7 cm³/mol. The summed E-state index contributed by atoms with van der Waals surface area (Å²) in [7, 11) is 0. The molecule has 1 nitrogen and oxygen atoms in total. The van der Waals surface area contributed by atoms with Crippen LogP contribution in [0, 0.1) is 0 Å². The number of hydrogen-bond donors (Lipinski definition) is 0. The van der Waals surface area contributed by atoms with Crippen molar-refractivity contribution in [2.45, 2.75) is 13.8 Å². The summed E-state index contributed by atoms with van der Waals surface area (Å²) < 4.78 is 4.78. The van der Waals surface area contributed by atoms with Gasteiger partial charge >= 0.3 is 0 Å². The molecule has 0 radical (unpaired) electrons. The molecule has 0 N–H and O–H groups in total. The maximum Gasteiger partial charge on any atom is 0.133 e. The molecule has 48 valence electrons. The van der Waals surface area contributed by atoms with E-state index < -0.39 is 0 Å². The molecule has 0 aliphatic carbocycles. The van der Waals surface area contributed by atoms with Gasteiger partial charge in [0.1, 0.15) is 12.5 Å². The minimum absolute atomic E-state index is 1.47. The van der Waals surface area contributed by atoms with Gasteiger partial charge in [-0.3, -0.25) is 0 Å². The molecule has 0 heterocycles. The lowest BCUT2D eigenvalue weighted by Gasteiger charge is -1.78. The lowest BCUT2D eigenvalue weighted by molar-refractivity contribution is 0.405. The normalized spacial score (nSPS) is 6.00. The van der Waals surface area contributed by atoms with Crippen LogP contribution >= 0.6 is 0 Å². The molecule has 0 fully saturated rings. The van der Waals surface area contributed by atoms with Crippen LogP contribution in [0.25, 0.3) is 0 Å². The fourth-order valence-electron chi connectivity index (χ4n) is 0.249. The lowest BCUT2D eigenvalue weighted by Crippen LogP contribution is -1.57. The molecule has 0 spiro atoms. The molecular weight excluding hydrogens is 112 g/mol. The van der Waals surface area contributed by atoms with E-state index in [1.54, 1.807) is 12.2 Å². The van der Waals surface area contributed by atoms with Crippen molar-refractivity contribution in [1.29, 1.82) is 0 Å². The highest BCUT2D eigenvalue weighted by molar-refractivity contribution is 4.79. The summed E-state index contributed by atoms with van der Waals surface area (Å²) in [6, 6.07) is 0. The van der Waals surface area contributed by atoms with E-state index in [-0.39, 0.29) is 0 Å². The number of rotatable bonds is 2. The third-order valence-corrected chi connectivity index (χ3v) is 0.605. The lowest BCUT2D eigenvalue weighted by atomic mass is 10.7. The molecule has 1 heteroatoms. The third kappa shape index (κ3) is 6.84. The zero-order chi connectivity index (χ0) is 6.95. The molecule has 0 saturated heterocycles. The van der Waals surface area contributed by atoms with Crippen molar-refractivity contribution >= 4 is 0 Å². The van der Waals surface area contributed by atoms with Crippen molar-refractivity contribution in [3.05, 3.63) is 36.1 Å². The van der Waals surface area contributed by atoms with Crippen molar-refractivity contribution in [3.63, 3.8) is 0 Å². The van der Waals surface area contributed by atoms with Crippen LogP contribution in [0.4, 0.5) is 0 Å². The summed E-state index contributed by atoms with van der Waals surface area (Å²) in [6.45, 7) is 3.75. The Labute approximate surface area is 55.6 Å². The molecule has 0 aromatic carbocycles. The SMILES string of the molecule is CC=C=COC=C=CC. The van der Waals surface area contributed by atoms with E-state index in [2.05, 4.69) is 11.5 Å². The summed E-state index contributed by atoms with van der Waals surface area (Å²) in [5.41, 5.74) is 5.50. The van der Waals surface area contributed by atoms with Crippen LogP contribution in [-0.2, 0) is 4.74 Å². The first kappa shape index (κ1) is 7.84. The minimum Gasteiger partial charge on any atom is -0.456 e. The summed E-state index contributed by atoms with van der Waals surface area (Å²) in [5, 5.41) is 0. The van der Waals surface area contributed by atoms with Crippen LogP contribution in [0.3, 0.4) is 0 Å². The summed E-state index contributed by atoms with van der Waals surface area (Å²) in [6.07, 6.45) is 6.47. The number of hydrogen-bond acceptors (Lipinski definition) is 1. The van der Waals surface area contributed by atoms with E-state index in [1.807, 2.05) is 13.8 Å². The van der Waals surface area contributed by atoms with E-state index in [9.17, 15) is 0 Å². The Balaban J connectivity index is 3.53. The van der Waals surface area contributed by atoms with Gasteiger partial charge in [0.2, 0.25) is 0 Å². The van der Waals surface area contributed by atoms with Crippen LogP contribution in [-0.4, -0.2) is 0 Å². The number of allylic oxidation sites excluding steroid dienone is 2. The van der Waals surface area contributed by atoms with Crippen LogP contribution < -0.4 is 0 Å². The second-order valence-electron chi connectivity index (χ2n) is 1.28. The van der Waals surface area contributed by atoms with Gasteiger partial charge in [-0.15, -0.1) is 0 Å². The van der Waals surface area contributed by atoms with Crippen molar-refractivity contribution < 1.29 is 4.74 Å². The van der Waals surface area contributed by atoms with E-state index in [1.165, 1.54) is 12.5 Å². The first-order chi connectivity index (χ1) is 4.41. The van der Waals surface area contributed by atoms with E-state index in [4.69, 9.17) is 4.74 Å². The van der Waals surface area contributed by atoms with Gasteiger partial charge in [0.15, 0.2) is 0 Å². The van der Waals surface area contributed by atoms with Crippen LogP contribution in [0.15, 0.2) is 36.1 Å². The largest absolute Gasteiger partial charge is 0.456 e. The molecule has 0 amide bonds. The van der Waals surface area contributed by atoms with E-state index in [0.717, 1.165) is 0 Å². The maximum atomic E-state index is 4.78. The fourth-order valence-corrected chi connectivity index (χ4v) is 0.249. The molecule has 0 saturated carbocycles. The molecule has 0 atom stereocenters. The molecule has 0 aromatic rings. The van der Waals surface area contributed by atoms with E-state index >= 15 is 0 Å². The van der Waals surface area contributed by atoms with Gasteiger partial charge in [0.25, 0.3) is 0 Å². The highest BCUT2D eigenvalue weighted by atomic mass is 16.5. The van der Waals surface area contributed by atoms with Crippen molar-refractivity contribution in [3.8, 4) is 0 Å². The van der Waals surface area contributed by atoms with Gasteiger partial charge in [-0.1, -0.05) is 11.5 Å². The van der Waals surface area contributed by atoms with Gasteiger partial charge in [-0.2, -0.15) is 0 Å². The molecule has 0 bridgehead atoms.